The third-order valence-electron chi connectivity index (χ3n) is 9.47. The first-order valence-electron chi connectivity index (χ1n) is 18.0. The zero-order valence-corrected chi connectivity index (χ0v) is 31.5. The highest BCUT2D eigenvalue weighted by Gasteiger charge is 2.48. The Morgan fingerprint density at radius 1 is 0.945 bits per heavy atom. The summed E-state index contributed by atoms with van der Waals surface area (Å²) in [5.41, 5.74) is 2.08. The lowest BCUT2D eigenvalue weighted by Gasteiger charge is -2.25. The fourth-order valence-electron chi connectivity index (χ4n) is 6.04. The second-order valence-corrected chi connectivity index (χ2v) is 15.8. The molecule has 2 amide bonds. The Balaban J connectivity index is 1.25. The van der Waals surface area contributed by atoms with E-state index in [9.17, 15) is 43.5 Å². The number of pyridine rings is 1. The van der Waals surface area contributed by atoms with Crippen molar-refractivity contribution < 1.29 is 58.1 Å². The summed E-state index contributed by atoms with van der Waals surface area (Å²) >= 11 is 6.60. The van der Waals surface area contributed by atoms with Gasteiger partial charge in [-0.3, -0.25) is 9.78 Å². The Bertz CT molecular complexity index is 1900. The number of sulfonamides is 1. The second-order valence-electron chi connectivity index (χ2n) is 13.7. The molecule has 9 N–H and O–H groups in total. The molecule has 16 nitrogen and oxygen atoms in total. The van der Waals surface area contributed by atoms with Crippen LogP contribution in [0.2, 0.25) is 5.02 Å². The first-order chi connectivity index (χ1) is 26.2. The van der Waals surface area contributed by atoms with Gasteiger partial charge in [0, 0.05) is 59.7 Å². The summed E-state index contributed by atoms with van der Waals surface area (Å²) in [4.78, 5) is 28.0. The van der Waals surface area contributed by atoms with Crippen molar-refractivity contribution in [3.8, 4) is 16.9 Å². The fraction of sp³-hybridized carbons (Fsp3) is 0.486. The number of benzene rings is 2. The van der Waals surface area contributed by atoms with Crippen molar-refractivity contribution in [2.24, 2.45) is 0 Å². The van der Waals surface area contributed by atoms with Crippen LogP contribution >= 0.6 is 11.6 Å². The van der Waals surface area contributed by atoms with Crippen LogP contribution in [0.3, 0.4) is 0 Å². The number of carbonyl (C=O) groups is 2. The number of aliphatic hydroxyl groups excluding tert-OH is 5. The van der Waals surface area contributed by atoms with E-state index in [-0.39, 0.29) is 54.0 Å². The van der Waals surface area contributed by atoms with Gasteiger partial charge in [0.25, 0.3) is 0 Å². The van der Waals surface area contributed by atoms with Crippen LogP contribution in [0.1, 0.15) is 56.1 Å². The van der Waals surface area contributed by atoms with Crippen LogP contribution in [0.5, 0.6) is 5.75 Å². The molecule has 1 aromatic heterocycles. The van der Waals surface area contributed by atoms with Crippen LogP contribution in [-0.2, 0) is 31.8 Å². The fourth-order valence-corrected chi connectivity index (χ4v) is 7.88. The highest BCUT2D eigenvalue weighted by molar-refractivity contribution is 7.89. The third-order valence-corrected chi connectivity index (χ3v) is 11.4. The minimum absolute atomic E-state index is 0.0300. The van der Waals surface area contributed by atoms with Crippen molar-refractivity contribution in [2.45, 2.75) is 98.6 Å². The van der Waals surface area contributed by atoms with Crippen LogP contribution in [0.4, 0.5) is 4.79 Å². The number of amides is 2. The van der Waals surface area contributed by atoms with Gasteiger partial charge < -0.3 is 50.7 Å². The van der Waals surface area contributed by atoms with Gasteiger partial charge in [0.2, 0.25) is 10.0 Å². The van der Waals surface area contributed by atoms with Crippen molar-refractivity contribution in [1.82, 2.24) is 20.3 Å². The Hall–Kier alpha value is -3.91. The number of rotatable bonds is 22. The SMILES string of the molecule is O=C(O)CC[C@@H](CCNC(=O)NC[C@H](O)[C@@H](O)[C@H](O)[C@H](O)CO)NS(=O)(=O)c1cccc(Cl)c1COC1(c2cnccc2-c2ccccc2OC2CC2)CC1. The highest BCUT2D eigenvalue weighted by Crippen LogP contribution is 2.53. The zero-order chi connectivity index (χ0) is 39.8. The van der Waals surface area contributed by atoms with E-state index < -0.39 is 71.2 Å². The number of carboxylic acid groups (broad SMARTS) is 1. The number of aliphatic carboxylic acids is 1. The Kier molecular flexibility index (Phi) is 14.5. The van der Waals surface area contributed by atoms with Gasteiger partial charge in [0.05, 0.1) is 35.9 Å². The quantitative estimate of drug-likeness (QED) is 0.0703. The molecular formula is C37H47ClN4O12S. The molecule has 5 rings (SSSR count). The largest absolute Gasteiger partial charge is 0.490 e. The number of hydrogen-bond acceptors (Lipinski definition) is 12. The van der Waals surface area contributed by atoms with Crippen molar-refractivity contribution in [3.63, 3.8) is 0 Å². The number of nitrogens with zero attached hydrogens (tertiary/aromatic N) is 1. The summed E-state index contributed by atoms with van der Waals surface area (Å²) in [7, 11) is -4.32. The molecule has 0 spiro atoms. The van der Waals surface area contributed by atoms with Gasteiger partial charge >= 0.3 is 12.0 Å². The summed E-state index contributed by atoms with van der Waals surface area (Å²) < 4.78 is 43.1. The van der Waals surface area contributed by atoms with Crippen LogP contribution in [0.25, 0.3) is 11.1 Å². The van der Waals surface area contributed by atoms with E-state index in [0.717, 1.165) is 35.3 Å². The van der Waals surface area contributed by atoms with E-state index in [4.69, 9.17) is 26.2 Å². The molecule has 300 valence electrons. The average Bonchev–Trinajstić information content (AvgIpc) is 4.12. The van der Waals surface area contributed by atoms with E-state index in [1.165, 1.54) is 12.1 Å². The summed E-state index contributed by atoms with van der Waals surface area (Å²) in [5, 5.41) is 62.3. The van der Waals surface area contributed by atoms with E-state index >= 15 is 0 Å². The molecule has 0 unspecified atom stereocenters. The topological polar surface area (TPSA) is 257 Å². The van der Waals surface area contributed by atoms with Crippen molar-refractivity contribution in [1.29, 1.82) is 0 Å². The van der Waals surface area contributed by atoms with Gasteiger partial charge in [-0.15, -0.1) is 0 Å². The molecule has 2 saturated carbocycles. The first kappa shape index (κ1) is 42.2. The number of halogens is 1. The minimum atomic E-state index is -4.32. The monoisotopic (exact) mass is 806 g/mol. The second kappa shape index (κ2) is 18.8. The summed E-state index contributed by atoms with van der Waals surface area (Å²) in [6.45, 7) is -1.69. The summed E-state index contributed by atoms with van der Waals surface area (Å²) in [6, 6.07) is 12.3. The number of nitrogens with one attached hydrogen (secondary N) is 3. The lowest BCUT2D eigenvalue weighted by Crippen LogP contribution is -2.51. The first-order valence-corrected chi connectivity index (χ1v) is 19.8. The molecule has 55 heavy (non-hydrogen) atoms. The molecule has 0 aliphatic heterocycles. The standard InChI is InChI=1S/C37H47ClN4O12S/c38-28-5-3-7-32(26(28)21-53-37(14-15-37)27-18-39-16-13-24(27)25-4-1-2-6-31(25)54-23-9-10-23)55(51,52)42-22(8-11-33(46)47)12-17-40-36(50)41-19-29(44)34(48)35(49)30(45)20-43/h1-7,13,16,18,22-23,29-30,34-35,42-45,48-49H,8-12,14-15,17,19-21H2,(H,46,47)(H2,40,41,50)/t22-,29-,30+,34+,35+/m0/s1. The van der Waals surface area contributed by atoms with Gasteiger partial charge in [-0.25, -0.2) is 17.9 Å². The molecule has 0 radical (unpaired) electrons. The molecule has 0 bridgehead atoms. The van der Waals surface area contributed by atoms with Gasteiger partial charge in [0.1, 0.15) is 24.1 Å². The average molecular weight is 807 g/mol. The number of ether oxygens (including phenoxy) is 2. The highest BCUT2D eigenvalue weighted by atomic mass is 35.5. The van der Waals surface area contributed by atoms with Gasteiger partial charge in [-0.1, -0.05) is 35.9 Å². The van der Waals surface area contributed by atoms with E-state index in [0.29, 0.717) is 12.8 Å². The predicted molar refractivity (Wildman–Crippen MR) is 199 cm³/mol. The van der Waals surface area contributed by atoms with Crippen molar-refractivity contribution in [3.05, 3.63) is 77.1 Å². The molecule has 2 aliphatic carbocycles. The summed E-state index contributed by atoms with van der Waals surface area (Å²) in [6.07, 6.45) is -0.702. The third kappa shape index (κ3) is 11.3. The maximum absolute atomic E-state index is 13.9. The molecule has 2 aromatic carbocycles. The Labute approximate surface area is 323 Å². The van der Waals surface area contributed by atoms with Crippen LogP contribution in [0.15, 0.2) is 65.8 Å². The number of aromatic nitrogens is 1. The molecule has 1 heterocycles. The molecule has 5 atom stereocenters. The van der Waals surface area contributed by atoms with Gasteiger partial charge in [-0.2, -0.15) is 0 Å². The molecule has 0 saturated heterocycles. The van der Waals surface area contributed by atoms with Crippen LogP contribution in [0, 0.1) is 0 Å². The maximum Gasteiger partial charge on any atom is 0.314 e. The zero-order valence-electron chi connectivity index (χ0n) is 29.9. The molecule has 18 heteroatoms. The molecule has 2 fully saturated rings. The van der Waals surface area contributed by atoms with E-state index in [1.807, 2.05) is 30.3 Å². The normalized spacial score (nSPS) is 17.7. The Morgan fingerprint density at radius 3 is 2.36 bits per heavy atom. The lowest BCUT2D eigenvalue weighted by molar-refractivity contribution is -0.137. The van der Waals surface area contributed by atoms with Crippen molar-refractivity contribution >= 4 is 33.6 Å². The predicted octanol–water partition coefficient (Wildman–Crippen LogP) is 1.79. The molecular weight excluding hydrogens is 760 g/mol. The van der Waals surface area contributed by atoms with Gasteiger partial charge in [-0.05, 0) is 68.4 Å². The lowest BCUT2D eigenvalue weighted by atomic mass is 9.96. The molecule has 2 aliphatic rings. The van der Waals surface area contributed by atoms with E-state index in [1.54, 1.807) is 18.5 Å². The van der Waals surface area contributed by atoms with Gasteiger partial charge in [0.15, 0.2) is 0 Å². The smallest absolute Gasteiger partial charge is 0.314 e. The minimum Gasteiger partial charge on any atom is -0.490 e. The van der Waals surface area contributed by atoms with Crippen LogP contribution < -0.4 is 20.1 Å². The number of carbonyl (C=O) groups excluding carboxylic acids is 1. The summed E-state index contributed by atoms with van der Waals surface area (Å²) in [5.74, 6) is -0.391. The number of hydrogen-bond donors (Lipinski definition) is 9. The number of aliphatic hydroxyl groups is 5. The Morgan fingerprint density at radius 2 is 1.67 bits per heavy atom. The van der Waals surface area contributed by atoms with E-state index in [2.05, 4.69) is 20.3 Å². The maximum atomic E-state index is 13.9. The molecule has 3 aromatic rings. The van der Waals surface area contributed by atoms with Crippen LogP contribution in [-0.4, -0.2) is 112 Å². The number of para-hydroxylation sites is 1. The number of carboxylic acids is 1. The number of urea groups is 1. The van der Waals surface area contributed by atoms with Crippen molar-refractivity contribution in [2.75, 3.05) is 19.7 Å².